The minimum atomic E-state index is 0.340. The van der Waals surface area contributed by atoms with Gasteiger partial charge in [-0.15, -0.1) is 0 Å². The van der Waals surface area contributed by atoms with Gasteiger partial charge in [-0.1, -0.05) is 91.0 Å². The second-order valence-corrected chi connectivity index (χ2v) is 8.49. The van der Waals surface area contributed by atoms with E-state index in [0.29, 0.717) is 6.04 Å². The van der Waals surface area contributed by atoms with Crippen molar-refractivity contribution in [2.75, 3.05) is 4.90 Å². The highest BCUT2D eigenvalue weighted by Crippen LogP contribution is 2.33. The normalized spacial score (nSPS) is 11.1. The summed E-state index contributed by atoms with van der Waals surface area (Å²) in [6.07, 6.45) is 0. The lowest BCUT2D eigenvalue weighted by Crippen LogP contribution is -2.25. The summed E-state index contributed by atoms with van der Waals surface area (Å²) in [5.41, 5.74) is 7.37. The van der Waals surface area contributed by atoms with E-state index in [9.17, 15) is 0 Å². The first-order chi connectivity index (χ1) is 15.7. The van der Waals surface area contributed by atoms with Crippen LogP contribution in [0.15, 0.2) is 121 Å². The number of fused-ring (bicyclic) bond motifs is 1. The lowest BCUT2D eigenvalue weighted by Gasteiger charge is -2.30. The van der Waals surface area contributed by atoms with Crippen LogP contribution in [0.1, 0.15) is 13.8 Å². The van der Waals surface area contributed by atoms with Gasteiger partial charge in [-0.05, 0) is 77.2 Å². The zero-order valence-electron chi connectivity index (χ0n) is 18.6. The molecule has 5 rings (SSSR count). The molecule has 156 valence electrons. The number of hydrogen-bond acceptors (Lipinski definition) is 1. The lowest BCUT2D eigenvalue weighted by molar-refractivity contribution is 0.789. The minimum Gasteiger partial charge on any atom is -0.339 e. The number of hydrogen-bond donors (Lipinski definition) is 0. The first kappa shape index (κ1) is 20.1. The van der Waals surface area contributed by atoms with Gasteiger partial charge in [-0.25, -0.2) is 0 Å². The van der Waals surface area contributed by atoms with E-state index >= 15 is 0 Å². The molecule has 0 N–H and O–H groups in total. The van der Waals surface area contributed by atoms with Gasteiger partial charge in [0.2, 0.25) is 0 Å². The molecule has 0 fully saturated rings. The maximum atomic E-state index is 2.40. The molecule has 5 aromatic rings. The molecule has 0 atom stereocenters. The average Bonchev–Trinajstić information content (AvgIpc) is 2.85. The summed E-state index contributed by atoms with van der Waals surface area (Å²) in [7, 11) is 0. The Morgan fingerprint density at radius 1 is 0.438 bits per heavy atom. The molecule has 0 saturated carbocycles. The van der Waals surface area contributed by atoms with E-state index in [1.54, 1.807) is 0 Å². The molecule has 32 heavy (non-hydrogen) atoms. The Morgan fingerprint density at radius 2 is 1.03 bits per heavy atom. The van der Waals surface area contributed by atoms with Crippen LogP contribution in [-0.2, 0) is 0 Å². The molecular formula is C31H27N. The number of rotatable bonds is 5. The third-order valence-electron chi connectivity index (χ3n) is 5.98. The molecule has 0 bridgehead atoms. The largest absolute Gasteiger partial charge is 0.339 e. The van der Waals surface area contributed by atoms with Gasteiger partial charge in [0, 0.05) is 17.4 Å². The van der Waals surface area contributed by atoms with Gasteiger partial charge in [0.15, 0.2) is 0 Å². The highest BCUT2D eigenvalue weighted by atomic mass is 15.2. The van der Waals surface area contributed by atoms with Gasteiger partial charge in [-0.3, -0.25) is 0 Å². The fraction of sp³-hybridized carbons (Fsp3) is 0.0968. The molecule has 1 nitrogen and oxygen atoms in total. The van der Waals surface area contributed by atoms with Gasteiger partial charge in [-0.2, -0.15) is 0 Å². The molecule has 5 aromatic carbocycles. The van der Waals surface area contributed by atoms with Crippen LogP contribution >= 0.6 is 0 Å². The molecule has 0 spiro atoms. The van der Waals surface area contributed by atoms with Crippen LogP contribution in [0.25, 0.3) is 33.0 Å². The van der Waals surface area contributed by atoms with Gasteiger partial charge in [0.1, 0.15) is 0 Å². The zero-order valence-corrected chi connectivity index (χ0v) is 18.6. The van der Waals surface area contributed by atoms with Crippen molar-refractivity contribution in [2.24, 2.45) is 0 Å². The lowest BCUT2D eigenvalue weighted by atomic mass is 10.0. The summed E-state index contributed by atoms with van der Waals surface area (Å²) < 4.78 is 0. The van der Waals surface area contributed by atoms with Crippen molar-refractivity contribution >= 4 is 22.1 Å². The van der Waals surface area contributed by atoms with E-state index < -0.39 is 0 Å². The maximum absolute atomic E-state index is 2.40. The molecule has 0 radical (unpaired) electrons. The monoisotopic (exact) mass is 413 g/mol. The standard InChI is InChI=1S/C31H27N/c1-23(2)32(31-14-8-13-28(22-31)24-9-4-3-5-10-24)30-19-17-26(18-20-30)29-16-15-25-11-6-7-12-27(25)21-29/h3-23H,1-2H3. The molecule has 0 heterocycles. The van der Waals surface area contributed by atoms with Gasteiger partial charge >= 0.3 is 0 Å². The Hall–Kier alpha value is -3.84. The van der Waals surface area contributed by atoms with E-state index in [-0.39, 0.29) is 0 Å². The molecule has 0 aliphatic heterocycles. The summed E-state index contributed by atoms with van der Waals surface area (Å²) in [5.74, 6) is 0. The molecule has 0 aliphatic rings. The summed E-state index contributed by atoms with van der Waals surface area (Å²) in [5, 5.41) is 2.55. The molecule has 0 aliphatic carbocycles. The Morgan fingerprint density at radius 3 is 1.78 bits per heavy atom. The van der Waals surface area contributed by atoms with Crippen molar-refractivity contribution < 1.29 is 0 Å². The van der Waals surface area contributed by atoms with Crippen LogP contribution in [0, 0.1) is 0 Å². The Kier molecular flexibility index (Phi) is 5.47. The summed E-state index contributed by atoms with van der Waals surface area (Å²) in [6.45, 7) is 4.48. The molecule has 0 saturated heterocycles. The van der Waals surface area contributed by atoms with Gasteiger partial charge in [0.25, 0.3) is 0 Å². The molecule has 1 heteroatoms. The first-order valence-corrected chi connectivity index (χ1v) is 11.2. The topological polar surface area (TPSA) is 3.24 Å². The molecular weight excluding hydrogens is 386 g/mol. The predicted molar refractivity (Wildman–Crippen MR) is 139 cm³/mol. The first-order valence-electron chi connectivity index (χ1n) is 11.2. The minimum absolute atomic E-state index is 0.340. The molecule has 0 unspecified atom stereocenters. The highest BCUT2D eigenvalue weighted by Gasteiger charge is 2.14. The van der Waals surface area contributed by atoms with Crippen LogP contribution < -0.4 is 4.90 Å². The summed E-state index contributed by atoms with van der Waals surface area (Å²) >= 11 is 0. The zero-order chi connectivity index (χ0) is 21.9. The van der Waals surface area contributed by atoms with Crippen molar-refractivity contribution in [1.29, 1.82) is 0 Å². The third-order valence-corrected chi connectivity index (χ3v) is 5.98. The fourth-order valence-electron chi connectivity index (χ4n) is 4.39. The quantitative estimate of drug-likeness (QED) is 0.278. The predicted octanol–water partition coefficient (Wildman–Crippen LogP) is 8.72. The van der Waals surface area contributed by atoms with E-state index in [1.807, 2.05) is 0 Å². The average molecular weight is 414 g/mol. The molecule has 0 amide bonds. The van der Waals surface area contributed by atoms with Crippen LogP contribution in [0.5, 0.6) is 0 Å². The maximum Gasteiger partial charge on any atom is 0.0419 e. The van der Waals surface area contributed by atoms with Gasteiger partial charge in [0.05, 0.1) is 0 Å². The number of anilines is 2. The summed E-state index contributed by atoms with van der Waals surface area (Å²) in [4.78, 5) is 2.40. The van der Waals surface area contributed by atoms with E-state index in [1.165, 1.54) is 44.4 Å². The van der Waals surface area contributed by atoms with Crippen molar-refractivity contribution in [3.8, 4) is 22.3 Å². The van der Waals surface area contributed by atoms with Crippen molar-refractivity contribution in [2.45, 2.75) is 19.9 Å². The van der Waals surface area contributed by atoms with Crippen LogP contribution in [0.4, 0.5) is 11.4 Å². The van der Waals surface area contributed by atoms with E-state index in [0.717, 1.165) is 0 Å². The smallest absolute Gasteiger partial charge is 0.0419 e. The van der Waals surface area contributed by atoms with Crippen molar-refractivity contribution in [1.82, 2.24) is 0 Å². The van der Waals surface area contributed by atoms with Crippen LogP contribution in [0.2, 0.25) is 0 Å². The summed E-state index contributed by atoms with van der Waals surface area (Å²) in [6, 6.07) is 43.9. The third kappa shape index (κ3) is 4.02. The SMILES string of the molecule is CC(C)N(c1ccc(-c2ccc3ccccc3c2)cc1)c1cccc(-c2ccccc2)c1. The second-order valence-electron chi connectivity index (χ2n) is 8.49. The van der Waals surface area contributed by atoms with Crippen LogP contribution in [0.3, 0.4) is 0 Å². The van der Waals surface area contributed by atoms with Gasteiger partial charge < -0.3 is 4.90 Å². The highest BCUT2D eigenvalue weighted by molar-refractivity contribution is 5.87. The van der Waals surface area contributed by atoms with E-state index in [2.05, 4.69) is 140 Å². The fourth-order valence-corrected chi connectivity index (χ4v) is 4.39. The van der Waals surface area contributed by atoms with Crippen LogP contribution in [-0.4, -0.2) is 6.04 Å². The number of nitrogens with zero attached hydrogens (tertiary/aromatic N) is 1. The van der Waals surface area contributed by atoms with Crippen molar-refractivity contribution in [3.05, 3.63) is 121 Å². The second kappa shape index (κ2) is 8.72. The number of benzene rings is 5. The molecule has 0 aromatic heterocycles. The van der Waals surface area contributed by atoms with E-state index in [4.69, 9.17) is 0 Å². The Balaban J connectivity index is 1.48. The van der Waals surface area contributed by atoms with Crippen molar-refractivity contribution in [3.63, 3.8) is 0 Å². The Labute approximate surface area is 190 Å². The Bertz CT molecular complexity index is 1330.